The molecule has 36 heavy (non-hydrogen) atoms. The van der Waals surface area contributed by atoms with E-state index in [0.29, 0.717) is 49.6 Å². The highest BCUT2D eigenvalue weighted by Crippen LogP contribution is 2.39. The van der Waals surface area contributed by atoms with E-state index in [9.17, 15) is 18.8 Å². The first-order chi connectivity index (χ1) is 17.2. The van der Waals surface area contributed by atoms with Gasteiger partial charge in [0, 0.05) is 55.2 Å². The van der Waals surface area contributed by atoms with E-state index in [1.165, 1.54) is 29.2 Å². The molecule has 3 amide bonds. The summed E-state index contributed by atoms with van der Waals surface area (Å²) in [6.07, 6.45) is 0.696. The summed E-state index contributed by atoms with van der Waals surface area (Å²) < 4.78 is 19.7. The predicted molar refractivity (Wildman–Crippen MR) is 133 cm³/mol. The Labute approximate surface area is 214 Å². The largest absolute Gasteiger partial charge is 0.353 e. The molecule has 1 spiro atoms. The van der Waals surface area contributed by atoms with E-state index in [1.54, 1.807) is 29.2 Å². The van der Waals surface area contributed by atoms with Crippen LogP contribution in [-0.4, -0.2) is 91.1 Å². The Morgan fingerprint density at radius 2 is 1.61 bits per heavy atom. The van der Waals surface area contributed by atoms with Gasteiger partial charge < -0.3 is 19.9 Å². The minimum Gasteiger partial charge on any atom is -0.353 e. The van der Waals surface area contributed by atoms with E-state index in [2.05, 4.69) is 5.32 Å². The fourth-order valence-electron chi connectivity index (χ4n) is 4.65. The van der Waals surface area contributed by atoms with Gasteiger partial charge >= 0.3 is 0 Å². The summed E-state index contributed by atoms with van der Waals surface area (Å²) in [4.78, 5) is 44.9. The number of carbonyl (C=O) groups excluding carboxylic acids is 3. The van der Waals surface area contributed by atoms with Crippen LogP contribution in [-0.2, 0) is 9.53 Å². The lowest BCUT2D eigenvalue weighted by atomic mass is 9.96. The molecule has 4 rings (SSSR count). The first-order valence-electron chi connectivity index (χ1n) is 11.9. The number of rotatable bonds is 6. The van der Waals surface area contributed by atoms with Crippen LogP contribution in [0.25, 0.3) is 0 Å². The Hall–Kier alpha value is -3.01. The summed E-state index contributed by atoms with van der Waals surface area (Å²) in [7, 11) is 3.81. The van der Waals surface area contributed by atoms with Crippen molar-refractivity contribution in [2.75, 3.05) is 46.9 Å². The summed E-state index contributed by atoms with van der Waals surface area (Å²) in [6.45, 7) is 1.83. The molecule has 2 fully saturated rings. The molecule has 0 unspecified atom stereocenters. The van der Waals surface area contributed by atoms with Crippen LogP contribution >= 0.6 is 11.6 Å². The highest BCUT2D eigenvalue weighted by Gasteiger charge is 2.54. The van der Waals surface area contributed by atoms with Gasteiger partial charge in [0.05, 0.1) is 6.61 Å². The van der Waals surface area contributed by atoms with E-state index in [1.807, 2.05) is 19.0 Å². The van der Waals surface area contributed by atoms with Gasteiger partial charge in [-0.1, -0.05) is 11.6 Å². The van der Waals surface area contributed by atoms with Crippen LogP contribution in [0.1, 0.15) is 33.6 Å². The molecule has 8 nitrogen and oxygen atoms in total. The molecule has 1 atom stereocenters. The predicted octanol–water partition coefficient (Wildman–Crippen LogP) is 2.63. The van der Waals surface area contributed by atoms with Crippen LogP contribution in [0.5, 0.6) is 0 Å². The third-order valence-electron chi connectivity index (χ3n) is 6.65. The van der Waals surface area contributed by atoms with E-state index in [0.717, 1.165) is 0 Å². The Balaban J connectivity index is 1.54. The molecule has 0 aromatic heterocycles. The van der Waals surface area contributed by atoms with E-state index in [4.69, 9.17) is 16.3 Å². The normalized spacial score (nSPS) is 19.1. The van der Waals surface area contributed by atoms with Gasteiger partial charge in [-0.3, -0.25) is 19.3 Å². The number of hydrogen-bond donors (Lipinski definition) is 1. The molecule has 2 aliphatic heterocycles. The van der Waals surface area contributed by atoms with Crippen LogP contribution in [0.15, 0.2) is 48.5 Å². The van der Waals surface area contributed by atoms with Crippen LogP contribution in [0.4, 0.5) is 4.39 Å². The average Bonchev–Trinajstić information content (AvgIpc) is 3.23. The number of nitrogens with one attached hydrogen (secondary N) is 1. The third kappa shape index (κ3) is 5.53. The first kappa shape index (κ1) is 26.1. The number of nitrogens with zero attached hydrogens (tertiary/aromatic N) is 3. The molecule has 1 N–H and O–H groups in total. The molecule has 2 heterocycles. The zero-order chi connectivity index (χ0) is 25.9. The van der Waals surface area contributed by atoms with Crippen molar-refractivity contribution >= 4 is 29.3 Å². The number of amides is 3. The minimum atomic E-state index is -1.04. The van der Waals surface area contributed by atoms with Gasteiger partial charge in [0.1, 0.15) is 17.6 Å². The lowest BCUT2D eigenvalue weighted by molar-refractivity contribution is -0.128. The standard InChI is InChI=1S/C26H30ClFN4O4/c1-30(2)16-13-29-23(33)22-17-36-26(32(22)25(35)19-5-9-21(28)10-6-19)11-14-31(15-12-26)24(34)18-3-7-20(27)8-4-18/h3-10,22H,11-17H2,1-2H3,(H,29,33)/t22-/m0/s1. The Morgan fingerprint density at radius 1 is 1.03 bits per heavy atom. The molecule has 2 saturated heterocycles. The minimum absolute atomic E-state index is 0.0475. The number of likely N-dealkylation sites (N-methyl/N-ethyl adjacent to an activating group) is 1. The van der Waals surface area contributed by atoms with Crippen LogP contribution in [0.3, 0.4) is 0 Å². The third-order valence-corrected chi connectivity index (χ3v) is 6.91. The zero-order valence-corrected chi connectivity index (χ0v) is 21.1. The van der Waals surface area contributed by atoms with E-state index >= 15 is 0 Å². The first-order valence-corrected chi connectivity index (χ1v) is 12.3. The molecule has 0 radical (unpaired) electrons. The smallest absolute Gasteiger partial charge is 0.256 e. The van der Waals surface area contributed by atoms with E-state index < -0.39 is 23.5 Å². The van der Waals surface area contributed by atoms with Crippen LogP contribution in [0, 0.1) is 5.82 Å². The van der Waals surface area contributed by atoms with Crippen molar-refractivity contribution in [3.63, 3.8) is 0 Å². The average molecular weight is 517 g/mol. The molecule has 0 saturated carbocycles. The van der Waals surface area contributed by atoms with Crippen molar-refractivity contribution in [3.8, 4) is 0 Å². The zero-order valence-electron chi connectivity index (χ0n) is 20.4. The van der Waals surface area contributed by atoms with Crippen molar-refractivity contribution in [1.29, 1.82) is 0 Å². The molecular formula is C26H30ClFN4O4. The maximum atomic E-state index is 13.6. The Bertz CT molecular complexity index is 1100. The second-order valence-corrected chi connectivity index (χ2v) is 9.78. The van der Waals surface area contributed by atoms with E-state index in [-0.39, 0.29) is 24.0 Å². The van der Waals surface area contributed by atoms with Crippen LogP contribution < -0.4 is 5.32 Å². The monoisotopic (exact) mass is 516 g/mol. The van der Waals surface area contributed by atoms with Crippen molar-refractivity contribution in [3.05, 3.63) is 70.5 Å². The van der Waals surface area contributed by atoms with Gasteiger partial charge in [-0.15, -0.1) is 0 Å². The lowest BCUT2D eigenvalue weighted by Crippen LogP contribution is -2.60. The number of likely N-dealkylation sites (tertiary alicyclic amines) is 1. The van der Waals surface area contributed by atoms with Crippen molar-refractivity contribution in [2.24, 2.45) is 0 Å². The highest BCUT2D eigenvalue weighted by atomic mass is 35.5. The van der Waals surface area contributed by atoms with Crippen molar-refractivity contribution < 1.29 is 23.5 Å². The number of carbonyl (C=O) groups is 3. The van der Waals surface area contributed by atoms with Gasteiger partial charge in [-0.2, -0.15) is 0 Å². The molecule has 2 aromatic carbocycles. The number of piperidine rings is 1. The molecule has 2 aromatic rings. The van der Waals surface area contributed by atoms with Crippen LogP contribution in [0.2, 0.25) is 5.02 Å². The molecule has 192 valence electrons. The van der Waals surface area contributed by atoms with Gasteiger partial charge in [0.25, 0.3) is 11.8 Å². The SMILES string of the molecule is CN(C)CCNC(=O)[C@@H]1COC2(CCN(C(=O)c3ccc(Cl)cc3)CC2)N1C(=O)c1ccc(F)cc1. The van der Waals surface area contributed by atoms with Gasteiger partial charge in [0.15, 0.2) is 0 Å². The second kappa shape index (κ2) is 10.9. The Kier molecular flexibility index (Phi) is 7.92. The number of hydrogen-bond acceptors (Lipinski definition) is 5. The summed E-state index contributed by atoms with van der Waals surface area (Å²) in [5.41, 5.74) is -0.238. The highest BCUT2D eigenvalue weighted by molar-refractivity contribution is 6.30. The number of benzene rings is 2. The van der Waals surface area contributed by atoms with Gasteiger partial charge in [-0.05, 0) is 62.6 Å². The summed E-state index contributed by atoms with van der Waals surface area (Å²) >= 11 is 5.94. The number of halogens is 2. The molecule has 2 aliphatic rings. The van der Waals surface area contributed by atoms with Gasteiger partial charge in [0.2, 0.25) is 5.91 Å². The maximum Gasteiger partial charge on any atom is 0.256 e. The van der Waals surface area contributed by atoms with Gasteiger partial charge in [-0.25, -0.2) is 4.39 Å². The molecule has 10 heteroatoms. The molecule has 0 aliphatic carbocycles. The number of ether oxygens (including phenoxy) is 1. The lowest BCUT2D eigenvalue weighted by Gasteiger charge is -2.44. The summed E-state index contributed by atoms with van der Waals surface area (Å²) in [6, 6.07) is 11.1. The summed E-state index contributed by atoms with van der Waals surface area (Å²) in [5.74, 6) is -1.29. The van der Waals surface area contributed by atoms with Crippen molar-refractivity contribution in [1.82, 2.24) is 20.0 Å². The quantitative estimate of drug-likeness (QED) is 0.638. The molecular weight excluding hydrogens is 487 g/mol. The summed E-state index contributed by atoms with van der Waals surface area (Å²) in [5, 5.41) is 3.44. The topological polar surface area (TPSA) is 82.2 Å². The maximum absolute atomic E-state index is 13.6. The fourth-order valence-corrected chi connectivity index (χ4v) is 4.78. The fraction of sp³-hybridized carbons (Fsp3) is 0.423. The second-order valence-electron chi connectivity index (χ2n) is 9.35. The van der Waals surface area contributed by atoms with Crippen molar-refractivity contribution in [2.45, 2.75) is 24.6 Å². The Morgan fingerprint density at radius 3 is 2.22 bits per heavy atom. The molecule has 0 bridgehead atoms.